The molecule has 1 amide bonds. The summed E-state index contributed by atoms with van der Waals surface area (Å²) >= 11 is 5.92. The zero-order valence-corrected chi connectivity index (χ0v) is 12.2. The van der Waals surface area contributed by atoms with Crippen LogP contribution >= 0.6 is 11.6 Å². The maximum atomic E-state index is 12.4. The van der Waals surface area contributed by atoms with Gasteiger partial charge >= 0.3 is 0 Å². The first-order valence-electron chi connectivity index (χ1n) is 6.62. The topological polar surface area (TPSA) is 68.7 Å². The van der Waals surface area contributed by atoms with E-state index in [4.69, 9.17) is 16.7 Å². The molecule has 1 fully saturated rings. The molecule has 2 N–H and O–H groups in total. The molecular weight excluding hydrogens is 280 g/mol. The Labute approximate surface area is 123 Å². The summed E-state index contributed by atoms with van der Waals surface area (Å²) < 4.78 is 0. The molecule has 0 aliphatic carbocycles. The van der Waals surface area contributed by atoms with Gasteiger partial charge in [-0.25, -0.2) is 4.98 Å². The number of halogens is 1. The molecule has 1 aliphatic rings. The van der Waals surface area contributed by atoms with Crippen molar-refractivity contribution in [1.29, 1.82) is 0 Å². The van der Waals surface area contributed by atoms with E-state index in [1.165, 1.54) is 0 Å². The molecule has 2 heterocycles. The number of carbonyl (C=O) groups excluding carboxylic acids is 1. The highest BCUT2D eigenvalue weighted by atomic mass is 35.5. The van der Waals surface area contributed by atoms with Crippen LogP contribution in [0.5, 0.6) is 0 Å². The quantitative estimate of drug-likeness (QED) is 0.794. The molecule has 0 spiro atoms. The van der Waals surface area contributed by atoms with Gasteiger partial charge in [0.1, 0.15) is 11.0 Å². The molecular formula is C13H19ClN4O2. The van der Waals surface area contributed by atoms with Crippen molar-refractivity contribution in [3.63, 3.8) is 0 Å². The van der Waals surface area contributed by atoms with Crippen LogP contribution < -0.4 is 5.32 Å². The molecule has 0 saturated carbocycles. The third-order valence-electron chi connectivity index (χ3n) is 3.37. The number of aliphatic hydroxyl groups excluding tert-OH is 1. The number of hydrogen-bond acceptors (Lipinski definition) is 5. The number of anilines is 1. The smallest absolute Gasteiger partial charge is 0.254 e. The van der Waals surface area contributed by atoms with Crippen LogP contribution in [0.4, 0.5) is 5.82 Å². The average molecular weight is 299 g/mol. The van der Waals surface area contributed by atoms with E-state index < -0.39 is 0 Å². The first-order valence-corrected chi connectivity index (χ1v) is 6.99. The van der Waals surface area contributed by atoms with E-state index in [1.54, 1.807) is 24.1 Å². The van der Waals surface area contributed by atoms with Gasteiger partial charge in [0, 0.05) is 45.3 Å². The second-order valence-corrected chi connectivity index (χ2v) is 5.06. The molecule has 1 aliphatic heterocycles. The lowest BCUT2D eigenvalue weighted by Gasteiger charge is -2.34. The Balaban J connectivity index is 2.03. The van der Waals surface area contributed by atoms with Crippen LogP contribution in [0.25, 0.3) is 0 Å². The highest BCUT2D eigenvalue weighted by molar-refractivity contribution is 6.29. The van der Waals surface area contributed by atoms with Crippen LogP contribution in [0.1, 0.15) is 10.4 Å². The maximum Gasteiger partial charge on any atom is 0.254 e. The molecule has 0 unspecified atom stereocenters. The van der Waals surface area contributed by atoms with E-state index >= 15 is 0 Å². The number of aromatic nitrogens is 1. The Hall–Kier alpha value is -1.37. The predicted molar refractivity (Wildman–Crippen MR) is 78.2 cm³/mol. The van der Waals surface area contributed by atoms with Gasteiger partial charge in [-0.1, -0.05) is 11.6 Å². The SMILES string of the molecule is CNc1cc(C(=O)N2CCN(CCO)CC2)cc(Cl)n1. The molecule has 2 rings (SSSR count). The number of aliphatic hydroxyl groups is 1. The van der Waals surface area contributed by atoms with E-state index in [-0.39, 0.29) is 12.5 Å². The number of β-amino-alcohol motifs (C(OH)–C–C–N with tert-alkyl or cyclic N) is 1. The summed E-state index contributed by atoms with van der Waals surface area (Å²) in [5.41, 5.74) is 0.546. The standard InChI is InChI=1S/C13H19ClN4O2/c1-15-12-9-10(8-11(14)16-12)13(20)18-4-2-17(3-5-18)6-7-19/h8-9,19H,2-7H2,1H3,(H,15,16). The Kier molecular flexibility index (Phi) is 5.17. The van der Waals surface area contributed by atoms with Crippen molar-refractivity contribution in [2.75, 3.05) is 51.7 Å². The summed E-state index contributed by atoms with van der Waals surface area (Å²) in [6, 6.07) is 3.29. The van der Waals surface area contributed by atoms with Gasteiger partial charge in [-0.05, 0) is 12.1 Å². The maximum absolute atomic E-state index is 12.4. The summed E-state index contributed by atoms with van der Waals surface area (Å²) in [6.45, 7) is 3.70. The second-order valence-electron chi connectivity index (χ2n) is 4.67. The van der Waals surface area contributed by atoms with Gasteiger partial charge in [0.25, 0.3) is 5.91 Å². The highest BCUT2D eigenvalue weighted by Gasteiger charge is 2.22. The number of hydrogen-bond donors (Lipinski definition) is 2. The van der Waals surface area contributed by atoms with Crippen LogP contribution in [0.2, 0.25) is 5.15 Å². The van der Waals surface area contributed by atoms with Gasteiger partial charge in [-0.2, -0.15) is 0 Å². The number of piperazine rings is 1. The summed E-state index contributed by atoms with van der Waals surface area (Å²) in [4.78, 5) is 20.4. The summed E-state index contributed by atoms with van der Waals surface area (Å²) in [5.74, 6) is 0.550. The molecule has 0 atom stereocenters. The summed E-state index contributed by atoms with van der Waals surface area (Å²) in [6.07, 6.45) is 0. The Morgan fingerprint density at radius 1 is 1.40 bits per heavy atom. The lowest BCUT2D eigenvalue weighted by Crippen LogP contribution is -2.49. The number of nitrogens with zero attached hydrogens (tertiary/aromatic N) is 3. The van der Waals surface area contributed by atoms with Gasteiger partial charge in [0.2, 0.25) is 0 Å². The van der Waals surface area contributed by atoms with Crippen LogP contribution in [-0.2, 0) is 0 Å². The van der Waals surface area contributed by atoms with Gasteiger partial charge in [0.05, 0.1) is 6.61 Å². The third kappa shape index (κ3) is 3.59. The minimum absolute atomic E-state index is 0.0329. The van der Waals surface area contributed by atoms with Crippen molar-refractivity contribution in [3.05, 3.63) is 22.8 Å². The summed E-state index contributed by atoms with van der Waals surface area (Å²) in [5, 5.41) is 12.1. The predicted octanol–water partition coefficient (Wildman–Crippen LogP) is 0.527. The molecule has 0 bridgehead atoms. The number of nitrogens with one attached hydrogen (secondary N) is 1. The lowest BCUT2D eigenvalue weighted by molar-refractivity contribution is 0.0615. The van der Waals surface area contributed by atoms with Crippen molar-refractivity contribution >= 4 is 23.3 Å². The van der Waals surface area contributed by atoms with Crippen molar-refractivity contribution < 1.29 is 9.90 Å². The Morgan fingerprint density at radius 2 is 2.10 bits per heavy atom. The van der Waals surface area contributed by atoms with Gasteiger partial charge in [-0.15, -0.1) is 0 Å². The monoisotopic (exact) mass is 298 g/mol. The largest absolute Gasteiger partial charge is 0.395 e. The van der Waals surface area contributed by atoms with E-state index in [1.807, 2.05) is 0 Å². The van der Waals surface area contributed by atoms with Gasteiger partial charge < -0.3 is 15.3 Å². The Morgan fingerprint density at radius 3 is 2.70 bits per heavy atom. The van der Waals surface area contributed by atoms with Crippen LogP contribution in [-0.4, -0.2) is 72.2 Å². The van der Waals surface area contributed by atoms with E-state index in [2.05, 4.69) is 15.2 Å². The fraction of sp³-hybridized carbons (Fsp3) is 0.538. The third-order valence-corrected chi connectivity index (χ3v) is 3.57. The number of amides is 1. The fourth-order valence-corrected chi connectivity index (χ4v) is 2.46. The number of rotatable bonds is 4. The highest BCUT2D eigenvalue weighted by Crippen LogP contribution is 2.16. The number of carbonyl (C=O) groups is 1. The zero-order chi connectivity index (χ0) is 14.5. The average Bonchev–Trinajstić information content (AvgIpc) is 2.47. The zero-order valence-electron chi connectivity index (χ0n) is 11.5. The van der Waals surface area contributed by atoms with Gasteiger partial charge in [-0.3, -0.25) is 9.69 Å². The molecule has 0 aromatic carbocycles. The molecule has 1 saturated heterocycles. The van der Waals surface area contributed by atoms with E-state index in [0.717, 1.165) is 13.1 Å². The molecule has 1 aromatic heterocycles. The van der Waals surface area contributed by atoms with Crippen molar-refractivity contribution in [2.45, 2.75) is 0 Å². The van der Waals surface area contributed by atoms with Crippen molar-refractivity contribution in [2.24, 2.45) is 0 Å². The molecule has 7 heteroatoms. The normalized spacial score (nSPS) is 16.2. The van der Waals surface area contributed by atoms with E-state index in [0.29, 0.717) is 36.2 Å². The molecule has 6 nitrogen and oxygen atoms in total. The number of pyridine rings is 1. The first kappa shape index (κ1) is 15.0. The van der Waals surface area contributed by atoms with Crippen LogP contribution in [0.3, 0.4) is 0 Å². The molecule has 1 aromatic rings. The minimum Gasteiger partial charge on any atom is -0.395 e. The Bertz CT molecular complexity index is 475. The molecule has 0 radical (unpaired) electrons. The second kappa shape index (κ2) is 6.88. The van der Waals surface area contributed by atoms with Crippen LogP contribution in [0.15, 0.2) is 12.1 Å². The van der Waals surface area contributed by atoms with Crippen molar-refractivity contribution in [3.8, 4) is 0 Å². The first-order chi connectivity index (χ1) is 9.63. The van der Waals surface area contributed by atoms with Crippen molar-refractivity contribution in [1.82, 2.24) is 14.8 Å². The van der Waals surface area contributed by atoms with E-state index in [9.17, 15) is 4.79 Å². The lowest BCUT2D eigenvalue weighted by atomic mass is 10.2. The van der Waals surface area contributed by atoms with Gasteiger partial charge in [0.15, 0.2) is 0 Å². The van der Waals surface area contributed by atoms with Crippen LogP contribution in [0, 0.1) is 0 Å². The minimum atomic E-state index is -0.0329. The molecule has 20 heavy (non-hydrogen) atoms. The summed E-state index contributed by atoms with van der Waals surface area (Å²) in [7, 11) is 1.74. The molecule has 110 valence electrons. The fourth-order valence-electron chi connectivity index (χ4n) is 2.25.